The average molecular weight is 190 g/mol. The number of hydrogen-bond acceptors (Lipinski definition) is 2. The monoisotopic (exact) mass is 190 g/mol. The summed E-state index contributed by atoms with van der Waals surface area (Å²) in [7, 11) is 0. The van der Waals surface area contributed by atoms with E-state index < -0.39 is 0 Å². The summed E-state index contributed by atoms with van der Waals surface area (Å²) in [4.78, 5) is 4.10. The second-order valence-electron chi connectivity index (χ2n) is 3.69. The topological polar surface area (TPSA) is 24.9 Å². The van der Waals surface area contributed by atoms with Gasteiger partial charge in [0.05, 0.1) is 0 Å². The van der Waals surface area contributed by atoms with Gasteiger partial charge in [0, 0.05) is 18.9 Å². The molecular formula is C12H18N2. The van der Waals surface area contributed by atoms with Crippen molar-refractivity contribution in [2.45, 2.75) is 26.8 Å². The summed E-state index contributed by atoms with van der Waals surface area (Å²) in [6.45, 7) is 9.91. The second-order valence-corrected chi connectivity index (χ2v) is 3.69. The third kappa shape index (κ3) is 3.71. The van der Waals surface area contributed by atoms with Gasteiger partial charge in [-0.3, -0.25) is 4.98 Å². The van der Waals surface area contributed by atoms with Crippen LogP contribution in [0.15, 0.2) is 30.6 Å². The molecule has 2 nitrogen and oxygen atoms in total. The first-order chi connectivity index (χ1) is 6.70. The predicted octanol–water partition coefficient (Wildman–Crippen LogP) is 2.45. The highest BCUT2D eigenvalue weighted by atomic mass is 14.8. The molecule has 1 N–H and O–H groups in total. The van der Waals surface area contributed by atoms with E-state index in [2.05, 4.69) is 30.7 Å². The zero-order chi connectivity index (χ0) is 10.4. The summed E-state index contributed by atoms with van der Waals surface area (Å²) >= 11 is 0. The summed E-state index contributed by atoms with van der Waals surface area (Å²) in [6, 6.07) is 2.04. The van der Waals surface area contributed by atoms with Crippen LogP contribution in [0.4, 0.5) is 0 Å². The molecule has 2 heteroatoms. The quantitative estimate of drug-likeness (QED) is 0.570. The Morgan fingerprint density at radius 1 is 1.57 bits per heavy atom. The average Bonchev–Trinajstić information content (AvgIpc) is 2.15. The number of rotatable bonds is 5. The van der Waals surface area contributed by atoms with Gasteiger partial charge in [0.15, 0.2) is 0 Å². The molecule has 0 bridgehead atoms. The van der Waals surface area contributed by atoms with E-state index in [0.717, 1.165) is 19.5 Å². The molecule has 0 atom stereocenters. The molecule has 0 aliphatic heterocycles. The number of aryl methyl sites for hydroxylation is 1. The number of nitrogens with zero attached hydrogens (tertiary/aromatic N) is 1. The van der Waals surface area contributed by atoms with Crippen LogP contribution in [0.2, 0.25) is 0 Å². The van der Waals surface area contributed by atoms with Crippen molar-refractivity contribution < 1.29 is 0 Å². The van der Waals surface area contributed by atoms with Crippen LogP contribution in [0.1, 0.15) is 24.5 Å². The molecule has 0 aliphatic carbocycles. The zero-order valence-electron chi connectivity index (χ0n) is 9.01. The molecule has 0 aromatic carbocycles. The fourth-order valence-corrected chi connectivity index (χ4v) is 1.21. The van der Waals surface area contributed by atoms with Crippen LogP contribution < -0.4 is 5.32 Å². The van der Waals surface area contributed by atoms with Crippen molar-refractivity contribution in [1.82, 2.24) is 10.3 Å². The molecule has 0 aliphatic rings. The zero-order valence-corrected chi connectivity index (χ0v) is 9.01. The van der Waals surface area contributed by atoms with Gasteiger partial charge in [-0.15, -0.1) is 6.58 Å². The highest BCUT2D eigenvalue weighted by Crippen LogP contribution is 2.04. The Bertz CT molecular complexity index is 305. The lowest BCUT2D eigenvalue weighted by Crippen LogP contribution is -2.15. The molecule has 0 unspecified atom stereocenters. The minimum Gasteiger partial charge on any atom is -0.312 e. The largest absolute Gasteiger partial charge is 0.312 e. The second kappa shape index (κ2) is 5.55. The summed E-state index contributed by atoms with van der Waals surface area (Å²) in [6.07, 6.45) is 4.79. The van der Waals surface area contributed by atoms with Gasteiger partial charge in [-0.2, -0.15) is 0 Å². The lowest BCUT2D eigenvalue weighted by molar-refractivity contribution is 0.680. The van der Waals surface area contributed by atoms with E-state index in [1.807, 2.05) is 18.5 Å². The summed E-state index contributed by atoms with van der Waals surface area (Å²) in [5, 5.41) is 3.37. The fourth-order valence-electron chi connectivity index (χ4n) is 1.21. The smallest absolute Gasteiger partial charge is 0.0315 e. The summed E-state index contributed by atoms with van der Waals surface area (Å²) in [5.74, 6) is 0. The van der Waals surface area contributed by atoms with Gasteiger partial charge in [0.25, 0.3) is 0 Å². The molecule has 0 saturated heterocycles. The van der Waals surface area contributed by atoms with Gasteiger partial charge in [-0.05, 0) is 44.0 Å². The van der Waals surface area contributed by atoms with Gasteiger partial charge in [0.2, 0.25) is 0 Å². The van der Waals surface area contributed by atoms with E-state index in [0.29, 0.717) is 0 Å². The van der Waals surface area contributed by atoms with Crippen molar-refractivity contribution >= 4 is 0 Å². The maximum Gasteiger partial charge on any atom is 0.0315 e. The number of nitrogens with one attached hydrogen (secondary N) is 1. The third-order valence-corrected chi connectivity index (χ3v) is 2.19. The van der Waals surface area contributed by atoms with Crippen LogP contribution in [0.25, 0.3) is 0 Å². The predicted molar refractivity (Wildman–Crippen MR) is 60.1 cm³/mol. The van der Waals surface area contributed by atoms with E-state index in [1.165, 1.54) is 16.7 Å². The van der Waals surface area contributed by atoms with Crippen LogP contribution in [-0.4, -0.2) is 11.5 Å². The van der Waals surface area contributed by atoms with E-state index in [-0.39, 0.29) is 0 Å². The molecule has 14 heavy (non-hydrogen) atoms. The first-order valence-electron chi connectivity index (χ1n) is 4.94. The standard InChI is InChI=1S/C12H18N2/c1-10(2)4-6-13-8-12-9-14-7-5-11(12)3/h5,7,9,13H,1,4,6,8H2,2-3H3. The Morgan fingerprint density at radius 3 is 3.00 bits per heavy atom. The first-order valence-corrected chi connectivity index (χ1v) is 4.94. The molecule has 1 aromatic rings. The maximum atomic E-state index is 4.10. The summed E-state index contributed by atoms with van der Waals surface area (Å²) < 4.78 is 0. The van der Waals surface area contributed by atoms with Crippen molar-refractivity contribution in [2.24, 2.45) is 0 Å². The molecule has 1 heterocycles. The van der Waals surface area contributed by atoms with Crippen molar-refractivity contribution in [2.75, 3.05) is 6.54 Å². The van der Waals surface area contributed by atoms with Gasteiger partial charge < -0.3 is 5.32 Å². The lowest BCUT2D eigenvalue weighted by Gasteiger charge is -2.06. The van der Waals surface area contributed by atoms with Gasteiger partial charge >= 0.3 is 0 Å². The Labute approximate surface area is 86.1 Å². The van der Waals surface area contributed by atoms with E-state index in [1.54, 1.807) is 0 Å². The fraction of sp³-hybridized carbons (Fsp3) is 0.417. The molecule has 0 spiro atoms. The van der Waals surface area contributed by atoms with Gasteiger partial charge in [-0.1, -0.05) is 5.57 Å². The van der Waals surface area contributed by atoms with Crippen molar-refractivity contribution in [3.63, 3.8) is 0 Å². The minimum atomic E-state index is 0.896. The highest BCUT2D eigenvalue weighted by molar-refractivity contribution is 5.20. The van der Waals surface area contributed by atoms with E-state index >= 15 is 0 Å². The molecule has 0 saturated carbocycles. The molecular weight excluding hydrogens is 172 g/mol. The van der Waals surface area contributed by atoms with Crippen molar-refractivity contribution in [3.8, 4) is 0 Å². The highest BCUT2D eigenvalue weighted by Gasteiger charge is 1.96. The minimum absolute atomic E-state index is 0.896. The SMILES string of the molecule is C=C(C)CCNCc1cnccc1C. The lowest BCUT2D eigenvalue weighted by atomic mass is 10.1. The Morgan fingerprint density at radius 2 is 2.36 bits per heavy atom. The van der Waals surface area contributed by atoms with Crippen molar-refractivity contribution in [3.05, 3.63) is 41.7 Å². The normalized spacial score (nSPS) is 10.1. The summed E-state index contributed by atoms with van der Waals surface area (Å²) in [5.41, 5.74) is 3.79. The van der Waals surface area contributed by atoms with Crippen LogP contribution in [0.3, 0.4) is 0 Å². The van der Waals surface area contributed by atoms with Crippen molar-refractivity contribution in [1.29, 1.82) is 0 Å². The van der Waals surface area contributed by atoms with Crippen LogP contribution in [-0.2, 0) is 6.54 Å². The molecule has 0 fully saturated rings. The van der Waals surface area contributed by atoms with Crippen LogP contribution in [0, 0.1) is 6.92 Å². The first kappa shape index (κ1) is 10.9. The molecule has 0 radical (unpaired) electrons. The molecule has 1 rings (SSSR count). The third-order valence-electron chi connectivity index (χ3n) is 2.19. The van der Waals surface area contributed by atoms with E-state index in [4.69, 9.17) is 0 Å². The molecule has 76 valence electrons. The number of pyridine rings is 1. The van der Waals surface area contributed by atoms with Crippen LogP contribution >= 0.6 is 0 Å². The molecule has 1 aromatic heterocycles. The van der Waals surface area contributed by atoms with Gasteiger partial charge in [0.1, 0.15) is 0 Å². The number of aromatic nitrogens is 1. The molecule has 0 amide bonds. The van der Waals surface area contributed by atoms with Crippen LogP contribution in [0.5, 0.6) is 0 Å². The van der Waals surface area contributed by atoms with E-state index in [9.17, 15) is 0 Å². The number of hydrogen-bond donors (Lipinski definition) is 1. The maximum absolute atomic E-state index is 4.10. The van der Waals surface area contributed by atoms with Gasteiger partial charge in [-0.25, -0.2) is 0 Å². The Balaban J connectivity index is 2.31. The Kier molecular flexibility index (Phi) is 4.33. The Hall–Kier alpha value is -1.15.